The van der Waals surface area contributed by atoms with Crippen LogP contribution >= 0.6 is 11.8 Å². The molecule has 0 aromatic heterocycles. The molecule has 4 rings (SSSR count). The van der Waals surface area contributed by atoms with Crippen LogP contribution in [-0.4, -0.2) is 30.4 Å². The van der Waals surface area contributed by atoms with Crippen molar-refractivity contribution in [2.45, 2.75) is 23.5 Å². The van der Waals surface area contributed by atoms with Gasteiger partial charge in [-0.15, -0.1) is 0 Å². The summed E-state index contributed by atoms with van der Waals surface area (Å²) in [4.78, 5) is 24.4. The minimum absolute atomic E-state index is 0.151. The molecular weight excluding hydrogens is 288 g/mol. The quantitative estimate of drug-likeness (QED) is 0.485. The van der Waals surface area contributed by atoms with Gasteiger partial charge in [0.15, 0.2) is 5.41 Å². The second-order valence-corrected chi connectivity index (χ2v) is 6.38. The molecule has 3 atom stereocenters. The molecule has 0 radical (unpaired) electrons. The van der Waals surface area contributed by atoms with Crippen molar-refractivity contribution < 1.29 is 19.1 Å². The Bertz CT molecular complexity index is 583. The SMILES string of the molecule is COC(=O)C12C=CC(CC1SCc1ccccc1)OC2=O. The number of methoxy groups -OCH3 is 1. The Morgan fingerprint density at radius 3 is 2.86 bits per heavy atom. The monoisotopic (exact) mass is 304 g/mol. The molecule has 0 spiro atoms. The second kappa shape index (κ2) is 5.56. The first-order chi connectivity index (χ1) is 10.2. The van der Waals surface area contributed by atoms with Gasteiger partial charge < -0.3 is 9.47 Å². The highest BCUT2D eigenvalue weighted by molar-refractivity contribution is 7.99. The van der Waals surface area contributed by atoms with Gasteiger partial charge in [-0.05, 0) is 11.6 Å². The average molecular weight is 304 g/mol. The molecule has 3 aliphatic rings. The first-order valence-electron chi connectivity index (χ1n) is 6.81. The highest BCUT2D eigenvalue weighted by atomic mass is 32.2. The van der Waals surface area contributed by atoms with E-state index in [2.05, 4.69) is 0 Å². The minimum Gasteiger partial charge on any atom is -0.468 e. The van der Waals surface area contributed by atoms with E-state index in [4.69, 9.17) is 9.47 Å². The molecule has 4 nitrogen and oxygen atoms in total. The van der Waals surface area contributed by atoms with E-state index in [0.717, 1.165) is 5.75 Å². The molecule has 2 heterocycles. The largest absolute Gasteiger partial charge is 0.468 e. The summed E-state index contributed by atoms with van der Waals surface area (Å²) in [5, 5.41) is -0.151. The first kappa shape index (κ1) is 14.2. The molecular formula is C16H16O4S. The molecule has 1 saturated heterocycles. The van der Waals surface area contributed by atoms with Crippen molar-refractivity contribution in [1.29, 1.82) is 0 Å². The van der Waals surface area contributed by atoms with Gasteiger partial charge in [-0.2, -0.15) is 11.8 Å². The molecule has 1 aromatic carbocycles. The predicted octanol–water partition coefficient (Wildman–Crippen LogP) is 2.33. The highest BCUT2D eigenvalue weighted by Crippen LogP contribution is 2.47. The Balaban J connectivity index is 1.82. The fraction of sp³-hybridized carbons (Fsp3) is 0.375. The molecule has 5 heteroatoms. The van der Waals surface area contributed by atoms with E-state index in [1.165, 1.54) is 12.7 Å². The van der Waals surface area contributed by atoms with Crippen molar-refractivity contribution in [3.05, 3.63) is 48.0 Å². The first-order valence-corrected chi connectivity index (χ1v) is 7.86. The molecule has 1 fully saturated rings. The summed E-state index contributed by atoms with van der Waals surface area (Å²) in [6.07, 6.45) is 3.88. The highest BCUT2D eigenvalue weighted by Gasteiger charge is 2.59. The predicted molar refractivity (Wildman–Crippen MR) is 79.6 cm³/mol. The lowest BCUT2D eigenvalue weighted by molar-refractivity contribution is -0.176. The van der Waals surface area contributed by atoms with Crippen molar-refractivity contribution in [2.75, 3.05) is 7.11 Å². The van der Waals surface area contributed by atoms with Crippen LogP contribution in [0, 0.1) is 5.41 Å². The summed E-state index contributed by atoms with van der Waals surface area (Å²) in [5.41, 5.74) is -0.121. The van der Waals surface area contributed by atoms with Crippen LogP contribution in [0.5, 0.6) is 0 Å². The van der Waals surface area contributed by atoms with Crippen molar-refractivity contribution in [1.82, 2.24) is 0 Å². The lowest BCUT2D eigenvalue weighted by Gasteiger charge is -2.43. The maximum atomic E-state index is 12.2. The summed E-state index contributed by atoms with van der Waals surface area (Å²) >= 11 is 1.61. The molecule has 2 bridgehead atoms. The van der Waals surface area contributed by atoms with E-state index in [1.54, 1.807) is 23.9 Å². The Labute approximate surface area is 127 Å². The topological polar surface area (TPSA) is 52.6 Å². The van der Waals surface area contributed by atoms with Gasteiger partial charge in [0.05, 0.1) is 7.11 Å². The third-order valence-electron chi connectivity index (χ3n) is 3.94. The number of hydrogen-bond donors (Lipinski definition) is 0. The molecule has 0 amide bonds. The van der Waals surface area contributed by atoms with Crippen LogP contribution in [0.1, 0.15) is 12.0 Å². The van der Waals surface area contributed by atoms with E-state index in [1.807, 2.05) is 30.3 Å². The maximum Gasteiger partial charge on any atom is 0.329 e. The Kier molecular flexibility index (Phi) is 3.76. The zero-order valence-electron chi connectivity index (χ0n) is 11.7. The van der Waals surface area contributed by atoms with Crippen LogP contribution in [-0.2, 0) is 24.8 Å². The van der Waals surface area contributed by atoms with Crippen molar-refractivity contribution in [2.24, 2.45) is 5.41 Å². The summed E-state index contributed by atoms with van der Waals surface area (Å²) < 4.78 is 10.1. The second-order valence-electron chi connectivity index (χ2n) is 5.18. The summed E-state index contributed by atoms with van der Waals surface area (Å²) in [5.74, 6) is -0.274. The molecule has 21 heavy (non-hydrogen) atoms. The standard InChI is InChI=1S/C16H16O4S/c1-19-14(17)16-8-7-12(20-15(16)18)9-13(16)21-10-11-5-3-2-4-6-11/h2-8,12-13H,9-10H2,1H3. The number of hydrogen-bond acceptors (Lipinski definition) is 5. The van der Waals surface area contributed by atoms with E-state index in [9.17, 15) is 9.59 Å². The molecule has 110 valence electrons. The number of ether oxygens (including phenoxy) is 2. The molecule has 3 unspecified atom stereocenters. The molecule has 1 aromatic rings. The summed E-state index contributed by atoms with van der Waals surface area (Å²) in [6, 6.07) is 9.99. The van der Waals surface area contributed by atoms with Gasteiger partial charge in [0, 0.05) is 17.4 Å². The van der Waals surface area contributed by atoms with Gasteiger partial charge in [-0.1, -0.05) is 36.4 Å². The summed E-state index contributed by atoms with van der Waals surface area (Å²) in [6.45, 7) is 0. The van der Waals surface area contributed by atoms with Crippen LogP contribution < -0.4 is 0 Å². The van der Waals surface area contributed by atoms with Gasteiger partial charge in [-0.3, -0.25) is 9.59 Å². The van der Waals surface area contributed by atoms with Crippen LogP contribution in [0.15, 0.2) is 42.5 Å². The molecule has 0 N–H and O–H groups in total. The lowest BCUT2D eigenvalue weighted by Crippen LogP contribution is -2.56. The number of thioether (sulfide) groups is 1. The zero-order valence-corrected chi connectivity index (χ0v) is 12.5. The van der Waals surface area contributed by atoms with E-state index < -0.39 is 17.4 Å². The number of benzene rings is 1. The van der Waals surface area contributed by atoms with E-state index in [-0.39, 0.29) is 11.4 Å². The lowest BCUT2D eigenvalue weighted by atomic mass is 9.75. The zero-order chi connectivity index (χ0) is 14.9. The van der Waals surface area contributed by atoms with Crippen LogP contribution in [0.3, 0.4) is 0 Å². The number of carbonyl (C=O) groups is 2. The van der Waals surface area contributed by atoms with Crippen LogP contribution in [0.25, 0.3) is 0 Å². The Morgan fingerprint density at radius 1 is 1.43 bits per heavy atom. The van der Waals surface area contributed by atoms with Gasteiger partial charge in [0.25, 0.3) is 0 Å². The molecule has 1 aliphatic carbocycles. The molecule has 2 aliphatic heterocycles. The van der Waals surface area contributed by atoms with E-state index in [0.29, 0.717) is 6.42 Å². The van der Waals surface area contributed by atoms with E-state index >= 15 is 0 Å². The van der Waals surface area contributed by atoms with Crippen LogP contribution in [0.2, 0.25) is 0 Å². The van der Waals surface area contributed by atoms with Crippen molar-refractivity contribution >= 4 is 23.7 Å². The third kappa shape index (κ3) is 2.35. The maximum absolute atomic E-state index is 12.2. The fourth-order valence-electron chi connectivity index (χ4n) is 2.79. The van der Waals surface area contributed by atoms with Gasteiger partial charge >= 0.3 is 11.9 Å². The number of rotatable bonds is 4. The van der Waals surface area contributed by atoms with Gasteiger partial charge in [-0.25, -0.2) is 0 Å². The van der Waals surface area contributed by atoms with Crippen LogP contribution in [0.4, 0.5) is 0 Å². The number of carbonyl (C=O) groups excluding carboxylic acids is 2. The van der Waals surface area contributed by atoms with Crippen molar-refractivity contribution in [3.63, 3.8) is 0 Å². The third-order valence-corrected chi connectivity index (χ3v) is 5.41. The Hall–Kier alpha value is -1.75. The fourth-order valence-corrected chi connectivity index (χ4v) is 4.23. The normalized spacial score (nSPS) is 30.0. The minimum atomic E-state index is -1.29. The van der Waals surface area contributed by atoms with Crippen molar-refractivity contribution in [3.8, 4) is 0 Å². The number of fused-ring (bicyclic) bond motifs is 2. The average Bonchev–Trinajstić information content (AvgIpc) is 2.53. The Morgan fingerprint density at radius 2 is 2.19 bits per heavy atom. The molecule has 0 saturated carbocycles. The smallest absolute Gasteiger partial charge is 0.329 e. The number of esters is 2. The van der Waals surface area contributed by atoms with Gasteiger partial charge in [0.1, 0.15) is 6.10 Å². The summed E-state index contributed by atoms with van der Waals surface area (Å²) in [7, 11) is 1.30. The van der Waals surface area contributed by atoms with Gasteiger partial charge in [0.2, 0.25) is 0 Å².